The summed E-state index contributed by atoms with van der Waals surface area (Å²) in [5.41, 5.74) is 8.66. The molecular formula is C8H13N3. The van der Waals surface area contributed by atoms with Gasteiger partial charge in [0, 0.05) is 11.5 Å². The van der Waals surface area contributed by atoms with Crippen LogP contribution < -0.4 is 0 Å². The Bertz CT molecular complexity index is 207. The van der Waals surface area contributed by atoms with Gasteiger partial charge in [-0.05, 0) is 36.1 Å². The summed E-state index contributed by atoms with van der Waals surface area (Å²) in [4.78, 5) is 2.83. The second-order valence-corrected chi connectivity index (χ2v) is 3.90. The van der Waals surface area contributed by atoms with Crippen LogP contribution in [0, 0.1) is 11.3 Å². The van der Waals surface area contributed by atoms with Crippen molar-refractivity contribution in [3.05, 3.63) is 10.4 Å². The molecule has 0 bridgehead atoms. The molecule has 2 aliphatic rings. The van der Waals surface area contributed by atoms with Gasteiger partial charge < -0.3 is 0 Å². The van der Waals surface area contributed by atoms with Gasteiger partial charge in [0.25, 0.3) is 0 Å². The normalized spacial score (nSPS) is 40.5. The van der Waals surface area contributed by atoms with Gasteiger partial charge in [-0.1, -0.05) is 18.0 Å². The highest BCUT2D eigenvalue weighted by Gasteiger charge is 2.53. The Balaban J connectivity index is 1.96. The van der Waals surface area contributed by atoms with Crippen molar-refractivity contribution >= 4 is 0 Å². The molecule has 0 aromatic rings. The van der Waals surface area contributed by atoms with Gasteiger partial charge in [-0.2, -0.15) is 0 Å². The quantitative estimate of drug-likeness (QED) is 0.331. The van der Waals surface area contributed by atoms with E-state index in [1.165, 1.54) is 32.1 Å². The zero-order valence-corrected chi connectivity index (χ0v) is 6.66. The number of fused-ring (bicyclic) bond motifs is 1. The van der Waals surface area contributed by atoms with E-state index in [1.807, 2.05) is 0 Å². The van der Waals surface area contributed by atoms with Crippen LogP contribution in [-0.4, -0.2) is 6.54 Å². The number of rotatable bonds is 2. The van der Waals surface area contributed by atoms with Gasteiger partial charge in [-0.25, -0.2) is 0 Å². The fraction of sp³-hybridized carbons (Fsp3) is 1.00. The first-order valence-corrected chi connectivity index (χ1v) is 4.38. The minimum Gasteiger partial charge on any atom is -0.0934 e. The van der Waals surface area contributed by atoms with E-state index in [0.717, 1.165) is 12.5 Å². The molecule has 0 aliphatic heterocycles. The van der Waals surface area contributed by atoms with Crippen LogP contribution >= 0.6 is 0 Å². The van der Waals surface area contributed by atoms with E-state index in [1.54, 1.807) is 0 Å². The summed E-state index contributed by atoms with van der Waals surface area (Å²) < 4.78 is 0. The maximum Gasteiger partial charge on any atom is 0.0317 e. The lowest BCUT2D eigenvalue weighted by molar-refractivity contribution is 0.345. The molecule has 11 heavy (non-hydrogen) atoms. The lowest BCUT2D eigenvalue weighted by Crippen LogP contribution is -2.12. The number of hydrogen-bond acceptors (Lipinski definition) is 1. The van der Waals surface area contributed by atoms with E-state index in [4.69, 9.17) is 5.53 Å². The molecule has 2 atom stereocenters. The van der Waals surface area contributed by atoms with Crippen LogP contribution in [0.15, 0.2) is 5.11 Å². The fourth-order valence-electron chi connectivity index (χ4n) is 2.46. The topological polar surface area (TPSA) is 48.8 Å². The van der Waals surface area contributed by atoms with E-state index in [2.05, 4.69) is 10.0 Å². The molecule has 0 amide bonds. The highest BCUT2D eigenvalue weighted by molar-refractivity contribution is 5.05. The summed E-state index contributed by atoms with van der Waals surface area (Å²) in [7, 11) is 0. The summed E-state index contributed by atoms with van der Waals surface area (Å²) in [6.45, 7) is 0.758. The molecule has 0 saturated heterocycles. The first-order valence-electron chi connectivity index (χ1n) is 4.38. The lowest BCUT2D eigenvalue weighted by atomic mass is 9.89. The average Bonchev–Trinajstić information content (AvgIpc) is 2.75. The lowest BCUT2D eigenvalue weighted by Gasteiger charge is -2.18. The first kappa shape index (κ1) is 6.99. The molecule has 3 heteroatoms. The molecule has 2 aliphatic carbocycles. The fourth-order valence-corrected chi connectivity index (χ4v) is 2.46. The van der Waals surface area contributed by atoms with Crippen LogP contribution in [0.2, 0.25) is 0 Å². The minimum absolute atomic E-state index is 0.477. The molecule has 2 rings (SSSR count). The third-order valence-electron chi connectivity index (χ3n) is 3.28. The van der Waals surface area contributed by atoms with Gasteiger partial charge in [-0.3, -0.25) is 0 Å². The van der Waals surface area contributed by atoms with Crippen molar-refractivity contribution < 1.29 is 0 Å². The van der Waals surface area contributed by atoms with Crippen LogP contribution in [0.1, 0.15) is 32.1 Å². The molecule has 0 heterocycles. The Morgan fingerprint density at radius 2 is 2.45 bits per heavy atom. The monoisotopic (exact) mass is 151 g/mol. The third kappa shape index (κ3) is 1.10. The molecule has 2 saturated carbocycles. The standard InChI is InChI=1S/C8H13N3/c9-11-10-6-8-4-2-1-3-7(8)5-8/h7H,1-6H2. The molecule has 0 N–H and O–H groups in total. The molecule has 0 aromatic heterocycles. The summed E-state index contributed by atoms with van der Waals surface area (Å²) >= 11 is 0. The second-order valence-electron chi connectivity index (χ2n) is 3.90. The summed E-state index contributed by atoms with van der Waals surface area (Å²) in [6.07, 6.45) is 6.74. The van der Waals surface area contributed by atoms with E-state index in [9.17, 15) is 0 Å². The highest BCUT2D eigenvalue weighted by Crippen LogP contribution is 2.61. The largest absolute Gasteiger partial charge is 0.0934 e. The molecular weight excluding hydrogens is 138 g/mol. The Morgan fingerprint density at radius 1 is 1.55 bits per heavy atom. The minimum atomic E-state index is 0.477. The maximum absolute atomic E-state index is 8.19. The molecule has 60 valence electrons. The smallest absolute Gasteiger partial charge is 0.0317 e. The van der Waals surface area contributed by atoms with Crippen LogP contribution in [0.3, 0.4) is 0 Å². The van der Waals surface area contributed by atoms with Crippen molar-refractivity contribution in [1.29, 1.82) is 0 Å². The van der Waals surface area contributed by atoms with Crippen LogP contribution in [-0.2, 0) is 0 Å². The Labute approximate surface area is 66.4 Å². The van der Waals surface area contributed by atoms with E-state index in [-0.39, 0.29) is 0 Å². The Hall–Kier alpha value is -0.690. The van der Waals surface area contributed by atoms with Crippen molar-refractivity contribution in [2.24, 2.45) is 16.4 Å². The van der Waals surface area contributed by atoms with Gasteiger partial charge in [0.2, 0.25) is 0 Å². The molecule has 3 nitrogen and oxygen atoms in total. The van der Waals surface area contributed by atoms with Gasteiger partial charge >= 0.3 is 0 Å². The number of hydrogen-bond donors (Lipinski definition) is 0. The van der Waals surface area contributed by atoms with Crippen LogP contribution in [0.4, 0.5) is 0 Å². The molecule has 2 unspecified atom stereocenters. The van der Waals surface area contributed by atoms with Crippen molar-refractivity contribution in [2.75, 3.05) is 6.54 Å². The molecule has 0 spiro atoms. The maximum atomic E-state index is 8.19. The average molecular weight is 151 g/mol. The highest BCUT2D eigenvalue weighted by atomic mass is 15.1. The van der Waals surface area contributed by atoms with Gasteiger partial charge in [0.1, 0.15) is 0 Å². The van der Waals surface area contributed by atoms with Crippen LogP contribution in [0.5, 0.6) is 0 Å². The summed E-state index contributed by atoms with van der Waals surface area (Å²) in [6, 6.07) is 0. The van der Waals surface area contributed by atoms with Crippen molar-refractivity contribution in [3.8, 4) is 0 Å². The van der Waals surface area contributed by atoms with Gasteiger partial charge in [0.15, 0.2) is 0 Å². The molecule has 0 radical (unpaired) electrons. The summed E-state index contributed by atoms with van der Waals surface area (Å²) in [5.74, 6) is 0.904. The van der Waals surface area contributed by atoms with Crippen molar-refractivity contribution in [2.45, 2.75) is 32.1 Å². The predicted octanol–water partition coefficient (Wildman–Crippen LogP) is 2.88. The van der Waals surface area contributed by atoms with Crippen LogP contribution in [0.25, 0.3) is 10.4 Å². The Kier molecular flexibility index (Phi) is 1.53. The van der Waals surface area contributed by atoms with E-state index in [0.29, 0.717) is 5.41 Å². The predicted molar refractivity (Wildman–Crippen MR) is 43.0 cm³/mol. The van der Waals surface area contributed by atoms with Gasteiger partial charge in [0.05, 0.1) is 0 Å². The zero-order chi connectivity index (χ0) is 7.73. The van der Waals surface area contributed by atoms with E-state index >= 15 is 0 Å². The Morgan fingerprint density at radius 3 is 3.18 bits per heavy atom. The zero-order valence-electron chi connectivity index (χ0n) is 6.66. The molecule has 0 aromatic carbocycles. The number of azide groups is 1. The van der Waals surface area contributed by atoms with E-state index < -0.39 is 0 Å². The SMILES string of the molecule is [N-]=[N+]=NCC12CCCCC1C2. The third-order valence-corrected chi connectivity index (χ3v) is 3.28. The molecule has 2 fully saturated rings. The van der Waals surface area contributed by atoms with Gasteiger partial charge in [-0.15, -0.1) is 0 Å². The van der Waals surface area contributed by atoms with Crippen molar-refractivity contribution in [3.63, 3.8) is 0 Å². The summed E-state index contributed by atoms with van der Waals surface area (Å²) in [5, 5.41) is 3.69. The second kappa shape index (κ2) is 2.42. The number of nitrogens with zero attached hydrogens (tertiary/aromatic N) is 3. The van der Waals surface area contributed by atoms with Crippen molar-refractivity contribution in [1.82, 2.24) is 0 Å². The first-order chi connectivity index (χ1) is 5.37.